The molecule has 4 rings (SSSR count). The molecule has 1 N–H and O–H groups in total. The molecule has 0 spiro atoms. The van der Waals surface area contributed by atoms with E-state index in [-0.39, 0.29) is 5.82 Å². The Morgan fingerprint density at radius 2 is 2.23 bits per heavy atom. The zero-order valence-corrected chi connectivity index (χ0v) is 11.5. The Kier molecular flexibility index (Phi) is 2.56. The molecular weight excluding hydrogens is 285 g/mol. The van der Waals surface area contributed by atoms with Crippen LogP contribution in [-0.4, -0.2) is 31.0 Å². The molecule has 3 aromatic heterocycles. The van der Waals surface area contributed by atoms with Crippen LogP contribution in [0.2, 0.25) is 0 Å². The van der Waals surface area contributed by atoms with E-state index in [9.17, 15) is 9.18 Å². The van der Waals surface area contributed by atoms with Gasteiger partial charge in [0.1, 0.15) is 22.7 Å². The SMILES string of the molecule is Cn1nc(-c2cnc3[nH]cc([C]=O)c3n2)c2ccc(F)cc21. The molecule has 7 heteroatoms. The predicted octanol–water partition coefficient (Wildman–Crippen LogP) is 2.11. The summed E-state index contributed by atoms with van der Waals surface area (Å²) in [5, 5.41) is 5.15. The topological polar surface area (TPSA) is 76.5 Å². The minimum absolute atomic E-state index is 0.315. The van der Waals surface area contributed by atoms with Crippen LogP contribution in [0.25, 0.3) is 33.5 Å². The molecule has 0 fully saturated rings. The maximum absolute atomic E-state index is 13.4. The summed E-state index contributed by atoms with van der Waals surface area (Å²) in [6.45, 7) is 0. The Morgan fingerprint density at radius 3 is 3.05 bits per heavy atom. The number of fused-ring (bicyclic) bond motifs is 2. The average Bonchev–Trinajstić information content (AvgIpc) is 3.08. The van der Waals surface area contributed by atoms with Gasteiger partial charge in [0.2, 0.25) is 6.29 Å². The summed E-state index contributed by atoms with van der Waals surface area (Å²) in [7, 11) is 1.73. The minimum atomic E-state index is -0.327. The maximum Gasteiger partial charge on any atom is 0.237 e. The molecule has 0 amide bonds. The number of halogens is 1. The van der Waals surface area contributed by atoms with E-state index in [1.165, 1.54) is 18.3 Å². The second-order valence-corrected chi connectivity index (χ2v) is 4.89. The summed E-state index contributed by atoms with van der Waals surface area (Å²) in [6, 6.07) is 4.45. The minimum Gasteiger partial charge on any atom is -0.344 e. The summed E-state index contributed by atoms with van der Waals surface area (Å²) >= 11 is 0. The van der Waals surface area contributed by atoms with Crippen LogP contribution >= 0.6 is 0 Å². The molecule has 107 valence electrons. The van der Waals surface area contributed by atoms with Crippen LogP contribution in [0.5, 0.6) is 0 Å². The second kappa shape index (κ2) is 4.45. The quantitative estimate of drug-likeness (QED) is 0.614. The van der Waals surface area contributed by atoms with Gasteiger partial charge >= 0.3 is 0 Å². The normalized spacial score (nSPS) is 11.4. The van der Waals surface area contributed by atoms with E-state index in [1.807, 2.05) is 6.29 Å². The Bertz CT molecular complexity index is 1030. The smallest absolute Gasteiger partial charge is 0.237 e. The first kappa shape index (κ1) is 12.6. The number of H-pyrrole nitrogens is 1. The van der Waals surface area contributed by atoms with Crippen molar-refractivity contribution < 1.29 is 9.18 Å². The molecule has 6 nitrogen and oxygen atoms in total. The van der Waals surface area contributed by atoms with Crippen molar-refractivity contribution in [1.29, 1.82) is 0 Å². The molecule has 22 heavy (non-hydrogen) atoms. The molecule has 0 saturated heterocycles. The van der Waals surface area contributed by atoms with E-state index in [1.54, 1.807) is 24.0 Å². The van der Waals surface area contributed by atoms with Crippen molar-refractivity contribution in [2.45, 2.75) is 0 Å². The van der Waals surface area contributed by atoms with Gasteiger partial charge in [-0.25, -0.2) is 14.4 Å². The molecule has 0 atom stereocenters. The number of hydrogen-bond acceptors (Lipinski definition) is 4. The van der Waals surface area contributed by atoms with Crippen LogP contribution in [0.15, 0.2) is 30.6 Å². The lowest BCUT2D eigenvalue weighted by Gasteiger charge is -1.98. The zero-order chi connectivity index (χ0) is 15.3. The first-order chi connectivity index (χ1) is 10.7. The molecular formula is C15H9FN5O. The molecule has 0 bridgehead atoms. The van der Waals surface area contributed by atoms with Gasteiger partial charge in [0.25, 0.3) is 0 Å². The molecule has 0 aliphatic rings. The number of aryl methyl sites for hydroxylation is 1. The van der Waals surface area contributed by atoms with Crippen LogP contribution in [0.1, 0.15) is 5.56 Å². The third-order valence-electron chi connectivity index (χ3n) is 3.55. The largest absolute Gasteiger partial charge is 0.344 e. The lowest BCUT2D eigenvalue weighted by atomic mass is 10.1. The highest BCUT2D eigenvalue weighted by molar-refractivity contribution is 5.96. The van der Waals surface area contributed by atoms with E-state index >= 15 is 0 Å². The highest BCUT2D eigenvalue weighted by atomic mass is 19.1. The lowest BCUT2D eigenvalue weighted by Crippen LogP contribution is -1.92. The second-order valence-electron chi connectivity index (χ2n) is 4.89. The molecule has 1 aromatic carbocycles. The van der Waals surface area contributed by atoms with Gasteiger partial charge in [0.15, 0.2) is 5.65 Å². The van der Waals surface area contributed by atoms with Crippen LogP contribution in [0.4, 0.5) is 4.39 Å². The van der Waals surface area contributed by atoms with Gasteiger partial charge in [0.05, 0.1) is 17.3 Å². The number of hydrogen-bond donors (Lipinski definition) is 1. The van der Waals surface area contributed by atoms with Crippen molar-refractivity contribution in [2.75, 3.05) is 0 Å². The van der Waals surface area contributed by atoms with E-state index in [0.29, 0.717) is 33.6 Å². The number of aromatic amines is 1. The fraction of sp³-hybridized carbons (Fsp3) is 0.0667. The Morgan fingerprint density at radius 1 is 1.36 bits per heavy atom. The van der Waals surface area contributed by atoms with Gasteiger partial charge in [-0.2, -0.15) is 5.10 Å². The van der Waals surface area contributed by atoms with Crippen molar-refractivity contribution in [1.82, 2.24) is 24.7 Å². The van der Waals surface area contributed by atoms with Gasteiger partial charge in [-0.3, -0.25) is 9.48 Å². The Hall–Kier alpha value is -3.09. The van der Waals surface area contributed by atoms with Crippen molar-refractivity contribution in [3.63, 3.8) is 0 Å². The number of nitrogens with one attached hydrogen (secondary N) is 1. The summed E-state index contributed by atoms with van der Waals surface area (Å²) in [5.74, 6) is -0.327. The summed E-state index contributed by atoms with van der Waals surface area (Å²) in [5.41, 5.74) is 3.02. The van der Waals surface area contributed by atoms with Crippen LogP contribution in [-0.2, 0) is 11.8 Å². The first-order valence-corrected chi connectivity index (χ1v) is 6.52. The molecule has 0 aliphatic carbocycles. The van der Waals surface area contributed by atoms with Gasteiger partial charge in [0, 0.05) is 18.6 Å². The molecule has 0 unspecified atom stereocenters. The predicted molar refractivity (Wildman–Crippen MR) is 78.4 cm³/mol. The summed E-state index contributed by atoms with van der Waals surface area (Å²) in [4.78, 5) is 22.4. The molecule has 0 aliphatic heterocycles. The highest BCUT2D eigenvalue weighted by Gasteiger charge is 2.15. The van der Waals surface area contributed by atoms with Crippen molar-refractivity contribution in [3.8, 4) is 11.4 Å². The third-order valence-corrected chi connectivity index (χ3v) is 3.55. The number of aromatic nitrogens is 5. The average molecular weight is 294 g/mol. The van der Waals surface area contributed by atoms with Crippen LogP contribution in [0.3, 0.4) is 0 Å². The van der Waals surface area contributed by atoms with E-state index in [2.05, 4.69) is 20.1 Å². The number of nitrogens with zero attached hydrogens (tertiary/aromatic N) is 4. The summed E-state index contributed by atoms with van der Waals surface area (Å²) in [6.07, 6.45) is 4.89. The monoisotopic (exact) mass is 294 g/mol. The number of rotatable bonds is 2. The van der Waals surface area contributed by atoms with Gasteiger partial charge < -0.3 is 4.98 Å². The fourth-order valence-corrected chi connectivity index (χ4v) is 2.50. The fourth-order valence-electron chi connectivity index (χ4n) is 2.50. The molecule has 0 saturated carbocycles. The lowest BCUT2D eigenvalue weighted by molar-refractivity contribution is 0.563. The maximum atomic E-state index is 13.4. The van der Waals surface area contributed by atoms with E-state index < -0.39 is 0 Å². The first-order valence-electron chi connectivity index (χ1n) is 6.52. The molecule has 3 heterocycles. The Balaban J connectivity index is 2.00. The van der Waals surface area contributed by atoms with Crippen LogP contribution in [0, 0.1) is 5.82 Å². The highest BCUT2D eigenvalue weighted by Crippen LogP contribution is 2.27. The van der Waals surface area contributed by atoms with Crippen LogP contribution < -0.4 is 0 Å². The number of carbonyl (C=O) groups excluding carboxylic acids is 1. The van der Waals surface area contributed by atoms with Crippen molar-refractivity contribution >= 4 is 28.4 Å². The van der Waals surface area contributed by atoms with Gasteiger partial charge in [-0.15, -0.1) is 0 Å². The standard InChI is InChI=1S/C15H9FN5O/c1-21-12-4-9(16)2-3-10(12)14(20-21)11-6-18-15-13(19-11)8(7-22)5-17-15/h2-6H,1H3,(H,17,18). The van der Waals surface area contributed by atoms with Crippen molar-refractivity contribution in [3.05, 3.63) is 42.0 Å². The summed E-state index contributed by atoms with van der Waals surface area (Å²) < 4.78 is 15.0. The van der Waals surface area contributed by atoms with Crippen molar-refractivity contribution in [2.24, 2.45) is 7.05 Å². The molecule has 4 aromatic rings. The van der Waals surface area contributed by atoms with Gasteiger partial charge in [-0.05, 0) is 18.2 Å². The van der Waals surface area contributed by atoms with Gasteiger partial charge in [-0.1, -0.05) is 0 Å². The van der Waals surface area contributed by atoms with E-state index in [0.717, 1.165) is 5.39 Å². The Labute approximate surface area is 123 Å². The zero-order valence-electron chi connectivity index (χ0n) is 11.5. The number of benzene rings is 1. The molecule has 1 radical (unpaired) electrons. The third kappa shape index (κ3) is 1.72. The van der Waals surface area contributed by atoms with E-state index in [4.69, 9.17) is 0 Å².